The van der Waals surface area contributed by atoms with Crippen LogP contribution in [0.25, 0.3) is 0 Å². The second kappa shape index (κ2) is 9.60. The fourth-order valence-electron chi connectivity index (χ4n) is 2.39. The minimum atomic E-state index is -0.315. The lowest BCUT2D eigenvalue weighted by atomic mass is 10.1. The number of ether oxygens (including phenoxy) is 1. The first kappa shape index (κ1) is 21.0. The number of hydrogen-bond donors (Lipinski definition) is 3. The Labute approximate surface area is 166 Å². The van der Waals surface area contributed by atoms with E-state index in [0.717, 1.165) is 0 Å². The standard InChI is InChI=1S/C22H27N3O3/c1-5-12-28-19-11-7-10-18(14-19)24-20(26)15-23-17-9-6-8-16(13-17)21(27)25-22(2,3)4/h5-11,13-14,23H,1,12,15H2,2-4H3,(H,24,26)(H,25,27). The van der Waals surface area contributed by atoms with Gasteiger partial charge in [-0.3, -0.25) is 9.59 Å². The van der Waals surface area contributed by atoms with Crippen molar-refractivity contribution < 1.29 is 14.3 Å². The molecule has 0 radical (unpaired) electrons. The monoisotopic (exact) mass is 381 g/mol. The van der Waals surface area contributed by atoms with Crippen molar-refractivity contribution in [1.82, 2.24) is 5.32 Å². The third-order valence-corrected chi connectivity index (χ3v) is 3.55. The lowest BCUT2D eigenvalue weighted by molar-refractivity contribution is -0.114. The Hall–Kier alpha value is -3.28. The predicted octanol–water partition coefficient (Wildman–Crippen LogP) is 3.83. The third-order valence-electron chi connectivity index (χ3n) is 3.55. The summed E-state index contributed by atoms with van der Waals surface area (Å²) in [5, 5.41) is 8.76. The van der Waals surface area contributed by atoms with Crippen LogP contribution in [-0.4, -0.2) is 30.5 Å². The van der Waals surface area contributed by atoms with Crippen LogP contribution in [0.1, 0.15) is 31.1 Å². The Bertz CT molecular complexity index is 841. The smallest absolute Gasteiger partial charge is 0.251 e. The first-order valence-electron chi connectivity index (χ1n) is 9.07. The first-order chi connectivity index (χ1) is 13.3. The molecule has 0 fully saturated rings. The molecule has 28 heavy (non-hydrogen) atoms. The molecule has 0 aromatic heterocycles. The Kier molecular flexibility index (Phi) is 7.21. The van der Waals surface area contributed by atoms with E-state index in [4.69, 9.17) is 4.74 Å². The Morgan fingerprint density at radius 1 is 1.07 bits per heavy atom. The zero-order chi connectivity index (χ0) is 20.6. The predicted molar refractivity (Wildman–Crippen MR) is 113 cm³/mol. The maximum atomic E-state index is 12.3. The van der Waals surface area contributed by atoms with Gasteiger partial charge in [0.2, 0.25) is 5.91 Å². The van der Waals surface area contributed by atoms with E-state index in [1.54, 1.807) is 42.5 Å². The second-order valence-corrected chi connectivity index (χ2v) is 7.31. The summed E-state index contributed by atoms with van der Waals surface area (Å²) < 4.78 is 5.45. The molecule has 0 aliphatic rings. The summed E-state index contributed by atoms with van der Waals surface area (Å²) >= 11 is 0. The Morgan fingerprint density at radius 2 is 1.79 bits per heavy atom. The summed E-state index contributed by atoms with van der Waals surface area (Å²) in [7, 11) is 0. The van der Waals surface area contributed by atoms with Crippen LogP contribution >= 0.6 is 0 Å². The van der Waals surface area contributed by atoms with Crippen LogP contribution in [0.5, 0.6) is 5.75 Å². The van der Waals surface area contributed by atoms with Gasteiger partial charge in [-0.25, -0.2) is 0 Å². The van der Waals surface area contributed by atoms with E-state index >= 15 is 0 Å². The van der Waals surface area contributed by atoms with Gasteiger partial charge in [-0.2, -0.15) is 0 Å². The van der Waals surface area contributed by atoms with Crippen molar-refractivity contribution in [3.05, 3.63) is 66.7 Å². The minimum absolute atomic E-state index is 0.0715. The van der Waals surface area contributed by atoms with Crippen LogP contribution in [0.4, 0.5) is 11.4 Å². The van der Waals surface area contributed by atoms with E-state index in [-0.39, 0.29) is 23.9 Å². The van der Waals surface area contributed by atoms with Gasteiger partial charge in [-0.05, 0) is 51.1 Å². The van der Waals surface area contributed by atoms with Gasteiger partial charge in [0.25, 0.3) is 5.91 Å². The van der Waals surface area contributed by atoms with Crippen LogP contribution in [0.15, 0.2) is 61.2 Å². The summed E-state index contributed by atoms with van der Waals surface area (Å²) in [6.07, 6.45) is 1.66. The molecule has 0 unspecified atom stereocenters. The first-order valence-corrected chi connectivity index (χ1v) is 9.07. The highest BCUT2D eigenvalue weighted by molar-refractivity contribution is 5.96. The van der Waals surface area contributed by atoms with Crippen molar-refractivity contribution in [2.24, 2.45) is 0 Å². The van der Waals surface area contributed by atoms with E-state index in [1.807, 2.05) is 32.9 Å². The quantitative estimate of drug-likeness (QED) is 0.607. The molecule has 3 N–H and O–H groups in total. The highest BCUT2D eigenvalue weighted by Gasteiger charge is 2.15. The zero-order valence-corrected chi connectivity index (χ0v) is 16.5. The van der Waals surface area contributed by atoms with E-state index in [0.29, 0.717) is 29.3 Å². The molecule has 6 heteroatoms. The van der Waals surface area contributed by atoms with Crippen LogP contribution in [0.2, 0.25) is 0 Å². The van der Waals surface area contributed by atoms with Crippen LogP contribution in [0, 0.1) is 0 Å². The number of benzene rings is 2. The number of carbonyl (C=O) groups is 2. The van der Waals surface area contributed by atoms with Crippen LogP contribution < -0.4 is 20.7 Å². The highest BCUT2D eigenvalue weighted by Crippen LogP contribution is 2.17. The Balaban J connectivity index is 1.91. The molecule has 0 saturated heterocycles. The molecule has 0 aliphatic carbocycles. The van der Waals surface area contributed by atoms with Crippen molar-refractivity contribution in [1.29, 1.82) is 0 Å². The second-order valence-electron chi connectivity index (χ2n) is 7.31. The Morgan fingerprint density at radius 3 is 2.50 bits per heavy atom. The van der Waals surface area contributed by atoms with Gasteiger partial charge in [0.15, 0.2) is 0 Å². The lowest BCUT2D eigenvalue weighted by Crippen LogP contribution is -2.40. The van der Waals surface area contributed by atoms with Gasteiger partial charge >= 0.3 is 0 Å². The summed E-state index contributed by atoms with van der Waals surface area (Å²) in [5.41, 5.74) is 1.56. The molecule has 6 nitrogen and oxygen atoms in total. The van der Waals surface area contributed by atoms with E-state index < -0.39 is 0 Å². The maximum absolute atomic E-state index is 12.3. The van der Waals surface area contributed by atoms with E-state index in [2.05, 4.69) is 22.5 Å². The molecule has 0 atom stereocenters. The van der Waals surface area contributed by atoms with Crippen molar-refractivity contribution >= 4 is 23.2 Å². The largest absolute Gasteiger partial charge is 0.489 e. The van der Waals surface area contributed by atoms with Gasteiger partial charge < -0.3 is 20.7 Å². The summed E-state index contributed by atoms with van der Waals surface area (Å²) in [4.78, 5) is 24.5. The summed E-state index contributed by atoms with van der Waals surface area (Å²) in [6, 6.07) is 14.2. The fraction of sp³-hybridized carbons (Fsp3) is 0.273. The molecular weight excluding hydrogens is 354 g/mol. The lowest BCUT2D eigenvalue weighted by Gasteiger charge is -2.20. The molecule has 0 saturated carbocycles. The van der Waals surface area contributed by atoms with Crippen molar-refractivity contribution in [2.45, 2.75) is 26.3 Å². The van der Waals surface area contributed by atoms with E-state index in [9.17, 15) is 9.59 Å². The molecule has 2 aromatic rings. The maximum Gasteiger partial charge on any atom is 0.251 e. The minimum Gasteiger partial charge on any atom is -0.489 e. The molecule has 2 rings (SSSR count). The van der Waals surface area contributed by atoms with Gasteiger partial charge in [0.1, 0.15) is 12.4 Å². The fourth-order valence-corrected chi connectivity index (χ4v) is 2.39. The molecular formula is C22H27N3O3. The SMILES string of the molecule is C=CCOc1cccc(NC(=O)CNc2cccc(C(=O)NC(C)(C)C)c2)c1. The summed E-state index contributed by atoms with van der Waals surface area (Å²) in [5.74, 6) is 0.297. The number of nitrogens with one attached hydrogen (secondary N) is 3. The number of amides is 2. The van der Waals surface area contributed by atoms with Gasteiger partial charge in [0.05, 0.1) is 6.54 Å². The molecule has 0 spiro atoms. The van der Waals surface area contributed by atoms with Crippen LogP contribution in [-0.2, 0) is 4.79 Å². The number of rotatable bonds is 8. The van der Waals surface area contributed by atoms with Crippen molar-refractivity contribution in [3.63, 3.8) is 0 Å². The molecule has 2 aromatic carbocycles. The highest BCUT2D eigenvalue weighted by atomic mass is 16.5. The average molecular weight is 381 g/mol. The summed E-state index contributed by atoms with van der Waals surface area (Å²) in [6.45, 7) is 9.85. The molecule has 0 heterocycles. The zero-order valence-electron chi connectivity index (χ0n) is 16.5. The number of anilines is 2. The molecule has 148 valence electrons. The molecule has 0 bridgehead atoms. The average Bonchev–Trinajstić information content (AvgIpc) is 2.64. The van der Waals surface area contributed by atoms with Gasteiger partial charge in [0, 0.05) is 28.5 Å². The van der Waals surface area contributed by atoms with Gasteiger partial charge in [-0.1, -0.05) is 24.8 Å². The van der Waals surface area contributed by atoms with Gasteiger partial charge in [-0.15, -0.1) is 0 Å². The number of hydrogen-bond acceptors (Lipinski definition) is 4. The number of carbonyl (C=O) groups excluding carboxylic acids is 2. The molecule has 0 aliphatic heterocycles. The van der Waals surface area contributed by atoms with Crippen LogP contribution in [0.3, 0.4) is 0 Å². The third kappa shape index (κ3) is 7.15. The topological polar surface area (TPSA) is 79.5 Å². The van der Waals surface area contributed by atoms with E-state index in [1.165, 1.54) is 0 Å². The van der Waals surface area contributed by atoms with Crippen molar-refractivity contribution in [3.8, 4) is 5.75 Å². The molecule has 2 amide bonds. The van der Waals surface area contributed by atoms with Crippen molar-refractivity contribution in [2.75, 3.05) is 23.8 Å². The normalized spacial score (nSPS) is 10.7.